The second-order valence-electron chi connectivity index (χ2n) is 5.59. The smallest absolute Gasteiger partial charge is 0.0462 e. The highest BCUT2D eigenvalue weighted by Gasteiger charge is 2.43. The van der Waals surface area contributed by atoms with Crippen molar-refractivity contribution in [3.63, 3.8) is 0 Å². The van der Waals surface area contributed by atoms with Crippen molar-refractivity contribution in [1.82, 2.24) is 10.2 Å². The van der Waals surface area contributed by atoms with Crippen LogP contribution >= 0.6 is 0 Å². The molecule has 0 spiro atoms. The zero-order valence-electron chi connectivity index (χ0n) is 10.8. The van der Waals surface area contributed by atoms with Crippen LogP contribution in [0.2, 0.25) is 0 Å². The van der Waals surface area contributed by atoms with E-state index in [0.717, 1.165) is 19.1 Å². The Kier molecular flexibility index (Phi) is 4.22. The molecule has 0 aromatic carbocycles. The standard InChI is InChI=1S/C13H26N2O/c1-13(12-5-6-12)11-15(9-7-14-13)8-3-4-10-16-2/h12,14H,3-11H2,1-2H3. The Morgan fingerprint density at radius 1 is 1.38 bits per heavy atom. The van der Waals surface area contributed by atoms with Gasteiger partial charge in [0, 0.05) is 38.9 Å². The van der Waals surface area contributed by atoms with Gasteiger partial charge in [-0.3, -0.25) is 0 Å². The number of hydrogen-bond donors (Lipinski definition) is 1. The molecule has 1 N–H and O–H groups in total. The van der Waals surface area contributed by atoms with Gasteiger partial charge in [-0.2, -0.15) is 0 Å². The van der Waals surface area contributed by atoms with Crippen molar-refractivity contribution in [3.05, 3.63) is 0 Å². The lowest BCUT2D eigenvalue weighted by Crippen LogP contribution is -2.60. The van der Waals surface area contributed by atoms with Crippen LogP contribution in [0.25, 0.3) is 0 Å². The SMILES string of the molecule is COCCCCN1CCNC(C)(C2CC2)C1. The van der Waals surface area contributed by atoms with Gasteiger partial charge in [0.25, 0.3) is 0 Å². The van der Waals surface area contributed by atoms with Gasteiger partial charge in [0.05, 0.1) is 0 Å². The molecule has 1 saturated heterocycles. The molecule has 0 aromatic heterocycles. The molecule has 1 unspecified atom stereocenters. The summed E-state index contributed by atoms with van der Waals surface area (Å²) < 4.78 is 5.09. The molecule has 1 heterocycles. The van der Waals surface area contributed by atoms with Crippen LogP contribution in [-0.4, -0.2) is 50.3 Å². The van der Waals surface area contributed by atoms with Crippen molar-refractivity contribution in [1.29, 1.82) is 0 Å². The molecule has 3 nitrogen and oxygen atoms in total. The van der Waals surface area contributed by atoms with Gasteiger partial charge in [0.15, 0.2) is 0 Å². The fourth-order valence-electron chi connectivity index (χ4n) is 2.87. The summed E-state index contributed by atoms with van der Waals surface area (Å²) in [6, 6.07) is 0. The third-order valence-corrected chi connectivity index (χ3v) is 4.06. The largest absolute Gasteiger partial charge is 0.385 e. The third-order valence-electron chi connectivity index (χ3n) is 4.06. The second kappa shape index (κ2) is 5.48. The van der Waals surface area contributed by atoms with Crippen LogP contribution < -0.4 is 5.32 Å². The maximum absolute atomic E-state index is 5.09. The van der Waals surface area contributed by atoms with E-state index >= 15 is 0 Å². The minimum atomic E-state index is 0.402. The predicted octanol–water partition coefficient (Wildman–Crippen LogP) is 1.49. The van der Waals surface area contributed by atoms with Crippen molar-refractivity contribution >= 4 is 0 Å². The van der Waals surface area contributed by atoms with E-state index in [4.69, 9.17) is 4.74 Å². The van der Waals surface area contributed by atoms with E-state index < -0.39 is 0 Å². The number of unbranched alkanes of at least 4 members (excludes halogenated alkanes) is 1. The van der Waals surface area contributed by atoms with Crippen LogP contribution in [0.3, 0.4) is 0 Å². The van der Waals surface area contributed by atoms with Gasteiger partial charge >= 0.3 is 0 Å². The summed E-state index contributed by atoms with van der Waals surface area (Å²) in [5, 5.41) is 3.72. The van der Waals surface area contributed by atoms with Crippen molar-refractivity contribution in [2.75, 3.05) is 39.9 Å². The maximum atomic E-state index is 5.09. The van der Waals surface area contributed by atoms with E-state index in [1.807, 2.05) is 0 Å². The monoisotopic (exact) mass is 226 g/mol. The van der Waals surface area contributed by atoms with Crippen LogP contribution in [-0.2, 0) is 4.74 Å². The Morgan fingerprint density at radius 2 is 2.19 bits per heavy atom. The first-order valence-electron chi connectivity index (χ1n) is 6.71. The highest BCUT2D eigenvalue weighted by atomic mass is 16.5. The lowest BCUT2D eigenvalue weighted by atomic mass is 9.93. The molecule has 1 aliphatic carbocycles. The van der Waals surface area contributed by atoms with Gasteiger partial charge in [0.1, 0.15) is 0 Å². The molecular formula is C13H26N2O. The first kappa shape index (κ1) is 12.3. The van der Waals surface area contributed by atoms with Gasteiger partial charge in [-0.1, -0.05) is 0 Å². The van der Waals surface area contributed by atoms with Crippen LogP contribution in [0, 0.1) is 5.92 Å². The van der Waals surface area contributed by atoms with E-state index in [-0.39, 0.29) is 0 Å². The van der Waals surface area contributed by atoms with Gasteiger partial charge in [-0.15, -0.1) is 0 Å². The van der Waals surface area contributed by atoms with E-state index in [9.17, 15) is 0 Å². The summed E-state index contributed by atoms with van der Waals surface area (Å²) in [4.78, 5) is 2.63. The zero-order chi connectivity index (χ0) is 11.4. The number of methoxy groups -OCH3 is 1. The van der Waals surface area contributed by atoms with Gasteiger partial charge in [0.2, 0.25) is 0 Å². The van der Waals surface area contributed by atoms with Gasteiger partial charge in [-0.05, 0) is 45.1 Å². The van der Waals surface area contributed by atoms with E-state index in [0.29, 0.717) is 5.54 Å². The second-order valence-corrected chi connectivity index (χ2v) is 5.59. The molecule has 1 aliphatic heterocycles. The number of ether oxygens (including phenoxy) is 1. The van der Waals surface area contributed by atoms with Crippen LogP contribution in [0.15, 0.2) is 0 Å². The highest BCUT2D eigenvalue weighted by molar-refractivity contribution is 5.01. The molecule has 2 aliphatic rings. The van der Waals surface area contributed by atoms with Crippen molar-refractivity contribution in [2.45, 2.75) is 38.1 Å². The fourth-order valence-corrected chi connectivity index (χ4v) is 2.87. The third kappa shape index (κ3) is 3.19. The Morgan fingerprint density at radius 3 is 2.88 bits per heavy atom. The minimum Gasteiger partial charge on any atom is -0.385 e. The van der Waals surface area contributed by atoms with Gasteiger partial charge in [-0.25, -0.2) is 0 Å². The Bertz CT molecular complexity index is 218. The fraction of sp³-hybridized carbons (Fsp3) is 1.00. The molecule has 1 atom stereocenters. The molecule has 16 heavy (non-hydrogen) atoms. The van der Waals surface area contributed by atoms with Crippen LogP contribution in [0.4, 0.5) is 0 Å². The van der Waals surface area contributed by atoms with Crippen molar-refractivity contribution < 1.29 is 4.74 Å². The molecule has 0 bridgehead atoms. The van der Waals surface area contributed by atoms with E-state index in [1.165, 1.54) is 45.3 Å². The number of hydrogen-bond acceptors (Lipinski definition) is 3. The molecule has 0 amide bonds. The topological polar surface area (TPSA) is 24.5 Å². The zero-order valence-corrected chi connectivity index (χ0v) is 10.8. The maximum Gasteiger partial charge on any atom is 0.0462 e. The summed E-state index contributed by atoms with van der Waals surface area (Å²) in [6.07, 6.45) is 5.33. The molecule has 0 aromatic rings. The molecule has 3 heteroatoms. The summed E-state index contributed by atoms with van der Waals surface area (Å²) in [5.41, 5.74) is 0.402. The van der Waals surface area contributed by atoms with Crippen molar-refractivity contribution in [2.24, 2.45) is 5.92 Å². The highest BCUT2D eigenvalue weighted by Crippen LogP contribution is 2.40. The molecule has 2 rings (SSSR count). The molecule has 2 fully saturated rings. The first-order valence-corrected chi connectivity index (χ1v) is 6.71. The van der Waals surface area contributed by atoms with Crippen LogP contribution in [0.1, 0.15) is 32.6 Å². The summed E-state index contributed by atoms with van der Waals surface area (Å²) in [6.45, 7) is 8.18. The first-order chi connectivity index (χ1) is 7.74. The van der Waals surface area contributed by atoms with E-state index in [1.54, 1.807) is 7.11 Å². The van der Waals surface area contributed by atoms with Gasteiger partial charge < -0.3 is 15.0 Å². The quantitative estimate of drug-likeness (QED) is 0.694. The van der Waals surface area contributed by atoms with Crippen molar-refractivity contribution in [3.8, 4) is 0 Å². The Labute approximate surface area is 99.5 Å². The Hall–Kier alpha value is -0.120. The molecule has 94 valence electrons. The average molecular weight is 226 g/mol. The summed E-state index contributed by atoms with van der Waals surface area (Å²) in [7, 11) is 1.79. The number of piperazine rings is 1. The Balaban J connectivity index is 1.69. The molecule has 0 radical (unpaired) electrons. The summed E-state index contributed by atoms with van der Waals surface area (Å²) >= 11 is 0. The average Bonchev–Trinajstić information content (AvgIpc) is 3.09. The minimum absolute atomic E-state index is 0.402. The number of nitrogens with zero attached hydrogens (tertiary/aromatic N) is 1. The lowest BCUT2D eigenvalue weighted by Gasteiger charge is -2.42. The molecular weight excluding hydrogens is 200 g/mol. The molecule has 1 saturated carbocycles. The number of rotatable bonds is 6. The summed E-state index contributed by atoms with van der Waals surface area (Å²) in [5.74, 6) is 0.939. The number of nitrogens with one attached hydrogen (secondary N) is 1. The lowest BCUT2D eigenvalue weighted by molar-refractivity contribution is 0.120. The van der Waals surface area contributed by atoms with E-state index in [2.05, 4.69) is 17.1 Å². The van der Waals surface area contributed by atoms with Crippen LogP contribution in [0.5, 0.6) is 0 Å². The predicted molar refractivity (Wildman–Crippen MR) is 66.7 cm³/mol. The normalized spacial score (nSPS) is 31.9.